The van der Waals surface area contributed by atoms with Crippen LogP contribution in [0.15, 0.2) is 71.3 Å². The topological polar surface area (TPSA) is 118 Å². The third-order valence-corrected chi connectivity index (χ3v) is 4.59. The van der Waals surface area contributed by atoms with Gasteiger partial charge in [0.2, 0.25) is 5.91 Å². The molecule has 2 aromatic carbocycles. The standard InChI is InChI=1S/C24H23N3O6/c1-16-5-9-18(10-6-16)25-21(28)14-27(2)22(29)15-33-24(31)17-7-11-19(12-8-17)26-23(30)20-4-3-13-32-20/h3-13H,14-15H2,1-2H3,(H,25,28)(H,26,30). The van der Waals surface area contributed by atoms with Gasteiger partial charge in [-0.1, -0.05) is 17.7 Å². The van der Waals surface area contributed by atoms with E-state index in [1.54, 1.807) is 18.2 Å². The Balaban J connectivity index is 1.44. The number of hydrogen-bond acceptors (Lipinski definition) is 6. The fourth-order valence-corrected chi connectivity index (χ4v) is 2.75. The van der Waals surface area contributed by atoms with Crippen LogP contribution in [0.2, 0.25) is 0 Å². The zero-order valence-corrected chi connectivity index (χ0v) is 18.2. The van der Waals surface area contributed by atoms with E-state index in [0.717, 1.165) is 5.56 Å². The Morgan fingerprint density at radius 1 is 0.909 bits per heavy atom. The highest BCUT2D eigenvalue weighted by Gasteiger charge is 2.16. The molecule has 0 saturated carbocycles. The summed E-state index contributed by atoms with van der Waals surface area (Å²) in [6.07, 6.45) is 1.39. The first-order valence-electron chi connectivity index (χ1n) is 10.0. The molecule has 2 N–H and O–H groups in total. The first-order valence-corrected chi connectivity index (χ1v) is 10.0. The number of ether oxygens (including phenoxy) is 1. The van der Waals surface area contributed by atoms with Crippen molar-refractivity contribution in [2.45, 2.75) is 6.92 Å². The average Bonchev–Trinajstić information content (AvgIpc) is 3.34. The summed E-state index contributed by atoms with van der Waals surface area (Å²) in [6.45, 7) is 1.24. The number of anilines is 2. The minimum Gasteiger partial charge on any atom is -0.459 e. The quantitative estimate of drug-likeness (QED) is 0.510. The van der Waals surface area contributed by atoms with Crippen molar-refractivity contribution in [3.63, 3.8) is 0 Å². The van der Waals surface area contributed by atoms with Crippen molar-refractivity contribution < 1.29 is 28.3 Å². The Bertz CT molecular complexity index is 1120. The summed E-state index contributed by atoms with van der Waals surface area (Å²) in [7, 11) is 1.45. The summed E-state index contributed by atoms with van der Waals surface area (Å²) in [5.41, 5.74) is 2.36. The molecule has 170 valence electrons. The number of rotatable bonds is 8. The molecule has 1 heterocycles. The van der Waals surface area contributed by atoms with Gasteiger partial charge in [-0.05, 0) is 55.5 Å². The van der Waals surface area contributed by atoms with Crippen LogP contribution in [0.5, 0.6) is 0 Å². The van der Waals surface area contributed by atoms with Crippen molar-refractivity contribution >= 4 is 35.1 Å². The molecule has 0 aliphatic rings. The molecule has 0 bridgehead atoms. The summed E-state index contributed by atoms with van der Waals surface area (Å²) in [5.74, 6) is -1.85. The fourth-order valence-electron chi connectivity index (χ4n) is 2.75. The number of likely N-dealkylation sites (N-methyl/N-ethyl adjacent to an activating group) is 1. The lowest BCUT2D eigenvalue weighted by Crippen LogP contribution is -2.37. The zero-order valence-electron chi connectivity index (χ0n) is 18.2. The Morgan fingerprint density at radius 3 is 2.18 bits per heavy atom. The van der Waals surface area contributed by atoms with Gasteiger partial charge in [0.25, 0.3) is 11.8 Å². The molecule has 3 aromatic rings. The monoisotopic (exact) mass is 449 g/mol. The highest BCUT2D eigenvalue weighted by atomic mass is 16.5. The molecule has 0 aliphatic heterocycles. The van der Waals surface area contributed by atoms with Gasteiger partial charge >= 0.3 is 5.97 Å². The number of aryl methyl sites for hydroxylation is 1. The number of carbonyl (C=O) groups excluding carboxylic acids is 4. The number of nitrogens with zero attached hydrogens (tertiary/aromatic N) is 1. The molecule has 33 heavy (non-hydrogen) atoms. The van der Waals surface area contributed by atoms with Crippen LogP contribution in [0.4, 0.5) is 11.4 Å². The Morgan fingerprint density at radius 2 is 1.55 bits per heavy atom. The summed E-state index contributed by atoms with van der Waals surface area (Å²) in [5, 5.41) is 5.33. The van der Waals surface area contributed by atoms with Crippen LogP contribution in [0.1, 0.15) is 26.5 Å². The number of carbonyl (C=O) groups is 4. The largest absolute Gasteiger partial charge is 0.459 e. The molecule has 9 heteroatoms. The van der Waals surface area contributed by atoms with Crippen molar-refractivity contribution in [2.75, 3.05) is 30.8 Å². The lowest BCUT2D eigenvalue weighted by molar-refractivity contribution is -0.136. The maximum atomic E-state index is 12.2. The molecule has 0 unspecified atom stereocenters. The van der Waals surface area contributed by atoms with Crippen LogP contribution >= 0.6 is 0 Å². The van der Waals surface area contributed by atoms with Gasteiger partial charge in [0.15, 0.2) is 12.4 Å². The predicted octanol–water partition coefficient (Wildman–Crippen LogP) is 3.09. The molecule has 3 rings (SSSR count). The first kappa shape index (κ1) is 23.3. The molecule has 9 nitrogen and oxygen atoms in total. The summed E-state index contributed by atoms with van der Waals surface area (Å²) < 4.78 is 10.1. The SMILES string of the molecule is Cc1ccc(NC(=O)CN(C)C(=O)COC(=O)c2ccc(NC(=O)c3ccco3)cc2)cc1. The van der Waals surface area contributed by atoms with Gasteiger partial charge in [-0.3, -0.25) is 14.4 Å². The minimum absolute atomic E-state index is 0.161. The fraction of sp³-hybridized carbons (Fsp3) is 0.167. The average molecular weight is 449 g/mol. The second-order valence-corrected chi connectivity index (χ2v) is 7.25. The van der Waals surface area contributed by atoms with E-state index in [2.05, 4.69) is 10.6 Å². The van der Waals surface area contributed by atoms with E-state index in [-0.39, 0.29) is 23.8 Å². The van der Waals surface area contributed by atoms with Crippen molar-refractivity contribution in [1.29, 1.82) is 0 Å². The number of furan rings is 1. The first-order chi connectivity index (χ1) is 15.8. The van der Waals surface area contributed by atoms with Gasteiger partial charge < -0.3 is 24.7 Å². The van der Waals surface area contributed by atoms with E-state index in [0.29, 0.717) is 11.4 Å². The lowest BCUT2D eigenvalue weighted by Gasteiger charge is -2.17. The van der Waals surface area contributed by atoms with Gasteiger partial charge in [-0.25, -0.2) is 4.79 Å². The highest BCUT2D eigenvalue weighted by molar-refractivity contribution is 6.02. The van der Waals surface area contributed by atoms with Crippen LogP contribution in [0, 0.1) is 6.92 Å². The van der Waals surface area contributed by atoms with Crippen LogP contribution in [0.25, 0.3) is 0 Å². The van der Waals surface area contributed by atoms with Crippen LogP contribution < -0.4 is 10.6 Å². The van der Waals surface area contributed by atoms with Gasteiger partial charge in [0.1, 0.15) is 0 Å². The molecular weight excluding hydrogens is 426 g/mol. The maximum absolute atomic E-state index is 12.2. The maximum Gasteiger partial charge on any atom is 0.338 e. The van der Waals surface area contributed by atoms with E-state index >= 15 is 0 Å². The zero-order chi connectivity index (χ0) is 23.8. The molecular formula is C24H23N3O6. The van der Waals surface area contributed by atoms with Crippen LogP contribution in [-0.2, 0) is 14.3 Å². The number of amides is 3. The van der Waals surface area contributed by atoms with Gasteiger partial charge in [-0.2, -0.15) is 0 Å². The van der Waals surface area contributed by atoms with E-state index in [9.17, 15) is 19.2 Å². The van der Waals surface area contributed by atoms with Gasteiger partial charge in [0, 0.05) is 18.4 Å². The van der Waals surface area contributed by atoms with Crippen LogP contribution in [0.3, 0.4) is 0 Å². The second kappa shape index (κ2) is 10.8. The minimum atomic E-state index is -0.704. The van der Waals surface area contributed by atoms with Crippen LogP contribution in [-0.4, -0.2) is 48.8 Å². The van der Waals surface area contributed by atoms with Crippen molar-refractivity contribution in [3.8, 4) is 0 Å². The van der Waals surface area contributed by atoms with Crippen molar-refractivity contribution in [3.05, 3.63) is 83.8 Å². The molecule has 3 amide bonds. The smallest absolute Gasteiger partial charge is 0.338 e. The predicted molar refractivity (Wildman–Crippen MR) is 121 cm³/mol. The summed E-state index contributed by atoms with van der Waals surface area (Å²) >= 11 is 0. The Kier molecular flexibility index (Phi) is 7.59. The molecule has 0 aliphatic carbocycles. The third kappa shape index (κ3) is 6.79. The Hall–Kier alpha value is -4.40. The van der Waals surface area contributed by atoms with Gasteiger partial charge in [0.05, 0.1) is 18.4 Å². The molecule has 0 atom stereocenters. The lowest BCUT2D eigenvalue weighted by atomic mass is 10.2. The summed E-state index contributed by atoms with van der Waals surface area (Å²) in [6, 6.07) is 16.4. The molecule has 0 spiro atoms. The van der Waals surface area contributed by atoms with E-state index in [1.165, 1.54) is 48.5 Å². The molecule has 0 radical (unpaired) electrons. The highest BCUT2D eigenvalue weighted by Crippen LogP contribution is 2.13. The van der Waals surface area contributed by atoms with E-state index < -0.39 is 24.4 Å². The number of nitrogens with one attached hydrogen (secondary N) is 2. The molecule has 0 saturated heterocycles. The third-order valence-electron chi connectivity index (χ3n) is 4.59. The molecule has 0 fully saturated rings. The number of esters is 1. The van der Waals surface area contributed by atoms with Crippen molar-refractivity contribution in [1.82, 2.24) is 4.90 Å². The number of hydrogen-bond donors (Lipinski definition) is 2. The van der Waals surface area contributed by atoms with Crippen molar-refractivity contribution in [2.24, 2.45) is 0 Å². The van der Waals surface area contributed by atoms with E-state index in [1.807, 2.05) is 19.1 Å². The normalized spacial score (nSPS) is 10.2. The Labute approximate surface area is 190 Å². The molecule has 1 aromatic heterocycles. The summed E-state index contributed by atoms with van der Waals surface area (Å²) in [4.78, 5) is 49.7. The second-order valence-electron chi connectivity index (χ2n) is 7.25. The number of benzene rings is 2. The van der Waals surface area contributed by atoms with Gasteiger partial charge in [-0.15, -0.1) is 0 Å². The van der Waals surface area contributed by atoms with E-state index in [4.69, 9.17) is 9.15 Å².